The number of esters is 5. The largest absolute Gasteiger partial charge is 0.462 e. The third-order valence-electron chi connectivity index (χ3n) is 9.89. The van der Waals surface area contributed by atoms with Crippen molar-refractivity contribution < 1.29 is 62.7 Å². The van der Waals surface area contributed by atoms with E-state index in [0.717, 1.165) is 26.8 Å². The van der Waals surface area contributed by atoms with Gasteiger partial charge in [0.2, 0.25) is 0 Å². The number of carbonyl (C=O) groups is 6. The van der Waals surface area contributed by atoms with Crippen molar-refractivity contribution in [2.24, 2.45) is 17.3 Å². The number of Topliss-reactive ketones (excluding diaryl/α,β-unsaturated/α-hetero) is 1. The molecule has 14 nitrogen and oxygen atoms in total. The standard InChI is InChI=1S/C40H51NO13/c1-12-21(3)34(44)52-31-24(6)30(51-26(8)43)28-29(50-25(7)42)23(5)19-40(28,49)37(47)39(11,48)17-16-38(9,10)33(32(31)53-35(45)22(4)13-2)54-36(46)27-15-14-18-41-20-27/h12-18,20,23,28-33,48-49H,6,19H2,1-5,7-11H3/b17-16+,21-12-,22-13-/t23-,28+,29-,30-,31-,32-,33+,39+,40+/m0/s1. The number of pyridine rings is 1. The van der Waals surface area contributed by atoms with E-state index >= 15 is 0 Å². The number of allylic oxidation sites excluding steroid dienone is 2. The smallest absolute Gasteiger partial charge is 0.340 e. The number of fused-ring (bicyclic) bond motifs is 1. The van der Waals surface area contributed by atoms with Crippen molar-refractivity contribution >= 4 is 35.6 Å². The van der Waals surface area contributed by atoms with Gasteiger partial charge in [-0.1, -0.05) is 45.6 Å². The maximum atomic E-state index is 14.4. The van der Waals surface area contributed by atoms with Gasteiger partial charge in [0.25, 0.3) is 0 Å². The van der Waals surface area contributed by atoms with E-state index in [1.807, 2.05) is 0 Å². The van der Waals surface area contributed by atoms with Crippen molar-refractivity contribution in [3.8, 4) is 0 Å². The molecule has 1 fully saturated rings. The van der Waals surface area contributed by atoms with Gasteiger partial charge in [0.15, 0.2) is 24.1 Å². The Morgan fingerprint density at radius 1 is 0.833 bits per heavy atom. The van der Waals surface area contributed by atoms with Crippen LogP contribution in [0.4, 0.5) is 0 Å². The van der Waals surface area contributed by atoms with E-state index in [-0.39, 0.29) is 28.7 Å². The summed E-state index contributed by atoms with van der Waals surface area (Å²) >= 11 is 0. The van der Waals surface area contributed by atoms with Gasteiger partial charge in [0, 0.05) is 48.4 Å². The van der Waals surface area contributed by atoms with Gasteiger partial charge in [-0.15, -0.1) is 0 Å². The van der Waals surface area contributed by atoms with Gasteiger partial charge in [0.1, 0.15) is 23.4 Å². The van der Waals surface area contributed by atoms with Crippen LogP contribution in [0.5, 0.6) is 0 Å². The lowest BCUT2D eigenvalue weighted by molar-refractivity contribution is -0.184. The van der Waals surface area contributed by atoms with E-state index < -0.39 is 94.6 Å². The van der Waals surface area contributed by atoms with Gasteiger partial charge in [-0.25, -0.2) is 14.4 Å². The fourth-order valence-corrected chi connectivity index (χ4v) is 6.73. The Bertz CT molecular complexity index is 1740. The molecule has 0 saturated heterocycles. The summed E-state index contributed by atoms with van der Waals surface area (Å²) in [5.74, 6) is -8.05. The zero-order valence-electron chi connectivity index (χ0n) is 32.4. The molecule has 2 aliphatic rings. The lowest BCUT2D eigenvalue weighted by Gasteiger charge is -2.44. The summed E-state index contributed by atoms with van der Waals surface area (Å²) in [6, 6.07) is 2.93. The van der Waals surface area contributed by atoms with Crippen LogP contribution in [-0.4, -0.2) is 92.5 Å². The SMILES string of the molecule is C=C1[C@H](OC(=O)/C(C)=C\C)[C@H](OC(=O)/C(C)=C\C)[C@@H](OC(=O)c2cccnc2)C(C)(C)/C=C/[C@@](C)(O)C(=O)[C@@]2(O)C[C@H](C)[C@H](OC(C)=O)[C@@H]2[C@H]1OC(C)=O. The number of aliphatic hydroxyl groups is 2. The Morgan fingerprint density at radius 3 is 1.93 bits per heavy atom. The molecule has 0 unspecified atom stereocenters. The first-order chi connectivity index (χ1) is 25.0. The van der Waals surface area contributed by atoms with Gasteiger partial charge in [-0.3, -0.25) is 19.4 Å². The Morgan fingerprint density at radius 2 is 1.41 bits per heavy atom. The number of rotatable bonds is 8. The van der Waals surface area contributed by atoms with Gasteiger partial charge >= 0.3 is 29.8 Å². The Kier molecular flexibility index (Phi) is 13.7. The van der Waals surface area contributed by atoms with Crippen LogP contribution in [0.15, 0.2) is 72.1 Å². The highest BCUT2D eigenvalue weighted by Crippen LogP contribution is 2.49. The molecule has 0 aliphatic heterocycles. The lowest BCUT2D eigenvalue weighted by Crippen LogP contribution is -2.60. The summed E-state index contributed by atoms with van der Waals surface area (Å²) in [5, 5.41) is 24.2. The van der Waals surface area contributed by atoms with E-state index in [2.05, 4.69) is 11.6 Å². The third kappa shape index (κ3) is 9.40. The summed E-state index contributed by atoms with van der Waals surface area (Å²) in [6.07, 6.45) is -0.676. The second kappa shape index (κ2) is 17.0. The molecule has 0 radical (unpaired) electrons. The average Bonchev–Trinajstić information content (AvgIpc) is 3.36. The fraction of sp³-hybridized carbons (Fsp3) is 0.525. The zero-order chi connectivity index (χ0) is 40.9. The van der Waals surface area contributed by atoms with Crippen LogP contribution in [0.1, 0.15) is 86.0 Å². The molecule has 2 N–H and O–H groups in total. The monoisotopic (exact) mass is 753 g/mol. The minimum absolute atomic E-state index is 0.00411. The molecule has 3 rings (SSSR count). The Balaban J connectivity index is 2.54. The van der Waals surface area contributed by atoms with Gasteiger partial charge < -0.3 is 33.9 Å². The first-order valence-corrected chi connectivity index (χ1v) is 17.5. The summed E-state index contributed by atoms with van der Waals surface area (Å²) in [6.45, 7) is 18.2. The normalized spacial score (nSPS) is 32.2. The minimum atomic E-state index is -2.55. The van der Waals surface area contributed by atoms with Crippen LogP contribution in [0.25, 0.3) is 0 Å². The predicted octanol–water partition coefficient (Wildman–Crippen LogP) is 4.09. The van der Waals surface area contributed by atoms with Gasteiger partial charge in [-0.2, -0.15) is 0 Å². The first-order valence-electron chi connectivity index (χ1n) is 17.5. The Labute approximate surface area is 315 Å². The molecule has 1 heterocycles. The van der Waals surface area contributed by atoms with Crippen molar-refractivity contribution in [3.63, 3.8) is 0 Å². The van der Waals surface area contributed by atoms with Crippen LogP contribution >= 0.6 is 0 Å². The highest BCUT2D eigenvalue weighted by atomic mass is 16.6. The maximum Gasteiger partial charge on any atom is 0.340 e. The number of hydrogen-bond donors (Lipinski definition) is 2. The number of ketones is 1. The number of aromatic nitrogens is 1. The van der Waals surface area contributed by atoms with Crippen molar-refractivity contribution in [1.29, 1.82) is 0 Å². The van der Waals surface area contributed by atoms with E-state index in [1.165, 1.54) is 56.6 Å². The predicted molar refractivity (Wildman–Crippen MR) is 193 cm³/mol. The van der Waals surface area contributed by atoms with Crippen molar-refractivity contribution in [1.82, 2.24) is 4.98 Å². The highest BCUT2D eigenvalue weighted by Gasteiger charge is 2.65. The second-order valence-corrected chi connectivity index (χ2v) is 14.6. The number of nitrogens with zero attached hydrogens (tertiary/aromatic N) is 1. The average molecular weight is 754 g/mol. The van der Waals surface area contributed by atoms with E-state index in [1.54, 1.807) is 34.6 Å². The van der Waals surface area contributed by atoms with Crippen molar-refractivity contribution in [2.75, 3.05) is 0 Å². The molecule has 9 atom stereocenters. The number of hydrogen-bond acceptors (Lipinski definition) is 14. The topological polar surface area (TPSA) is 202 Å². The zero-order valence-corrected chi connectivity index (χ0v) is 32.4. The molecule has 1 aromatic heterocycles. The molecule has 0 spiro atoms. The molecule has 0 aromatic carbocycles. The second-order valence-electron chi connectivity index (χ2n) is 14.6. The van der Waals surface area contributed by atoms with E-state index in [0.29, 0.717) is 0 Å². The van der Waals surface area contributed by atoms with Crippen LogP contribution in [0.2, 0.25) is 0 Å². The molecule has 1 saturated carbocycles. The molecule has 2 aliphatic carbocycles. The van der Waals surface area contributed by atoms with Crippen molar-refractivity contribution in [3.05, 3.63) is 77.7 Å². The summed E-state index contributed by atoms with van der Waals surface area (Å²) < 4.78 is 29.7. The number of carbonyl (C=O) groups excluding carboxylic acids is 6. The Hall–Kier alpha value is -4.95. The van der Waals surface area contributed by atoms with Crippen LogP contribution in [0.3, 0.4) is 0 Å². The lowest BCUT2D eigenvalue weighted by atomic mass is 9.71. The maximum absolute atomic E-state index is 14.4. The first kappa shape index (κ1) is 43.5. The quantitative estimate of drug-likeness (QED) is 0.166. The van der Waals surface area contributed by atoms with Gasteiger partial charge in [0.05, 0.1) is 11.5 Å². The van der Waals surface area contributed by atoms with Crippen LogP contribution in [-0.2, 0) is 47.7 Å². The summed E-state index contributed by atoms with van der Waals surface area (Å²) in [5.41, 5.74) is -6.58. The molecular weight excluding hydrogens is 702 g/mol. The van der Waals surface area contributed by atoms with Crippen molar-refractivity contribution in [2.45, 2.75) is 117 Å². The molecule has 0 amide bonds. The van der Waals surface area contributed by atoms with E-state index in [9.17, 15) is 39.0 Å². The molecule has 14 heteroatoms. The third-order valence-corrected chi connectivity index (χ3v) is 9.89. The summed E-state index contributed by atoms with van der Waals surface area (Å²) in [4.78, 5) is 85.0. The fourth-order valence-electron chi connectivity index (χ4n) is 6.73. The summed E-state index contributed by atoms with van der Waals surface area (Å²) in [7, 11) is 0. The van der Waals surface area contributed by atoms with Crippen LogP contribution < -0.4 is 0 Å². The minimum Gasteiger partial charge on any atom is -0.462 e. The van der Waals surface area contributed by atoms with E-state index in [4.69, 9.17) is 23.7 Å². The molecule has 1 aromatic rings. The molecule has 0 bridgehead atoms. The highest BCUT2D eigenvalue weighted by molar-refractivity contribution is 5.97. The molecular formula is C40H51NO13. The number of ether oxygens (including phenoxy) is 5. The molecule has 294 valence electrons. The molecule has 54 heavy (non-hydrogen) atoms. The van der Waals surface area contributed by atoms with Gasteiger partial charge in [-0.05, 0) is 65.2 Å². The van der Waals surface area contributed by atoms with Crippen LogP contribution in [0, 0.1) is 17.3 Å².